The molecule has 1 aliphatic rings. The fraction of sp³-hybridized carbons (Fsp3) is 0.429. The Morgan fingerprint density at radius 2 is 2.06 bits per heavy atom. The summed E-state index contributed by atoms with van der Waals surface area (Å²) in [6.07, 6.45) is 2.02. The van der Waals surface area contributed by atoms with Crippen LogP contribution in [0.15, 0.2) is 24.3 Å². The molecule has 2 nitrogen and oxygen atoms in total. The molecule has 1 N–H and O–H groups in total. The zero-order valence-corrected chi connectivity index (χ0v) is 9.44. The van der Waals surface area contributed by atoms with Crippen molar-refractivity contribution in [1.82, 2.24) is 0 Å². The van der Waals surface area contributed by atoms with Gasteiger partial charge in [-0.25, -0.2) is 0 Å². The summed E-state index contributed by atoms with van der Waals surface area (Å²) in [6, 6.07) is 8.16. The molecule has 0 saturated carbocycles. The number of hydrogen-bond donors (Lipinski definition) is 1. The Bertz CT molecular complexity index is 397. The van der Waals surface area contributed by atoms with Crippen molar-refractivity contribution in [3.05, 3.63) is 35.4 Å². The monoisotopic (exact) mass is 216 g/mol. The van der Waals surface area contributed by atoms with Gasteiger partial charge < -0.3 is 9.84 Å². The summed E-state index contributed by atoms with van der Waals surface area (Å²) in [5.74, 6) is 6.20. The summed E-state index contributed by atoms with van der Waals surface area (Å²) in [6.45, 7) is 2.30. The predicted octanol–water partition coefficient (Wildman–Crippen LogP) is 1.89. The summed E-state index contributed by atoms with van der Waals surface area (Å²) in [7, 11) is 0. The van der Waals surface area contributed by atoms with Gasteiger partial charge in [0.15, 0.2) is 0 Å². The van der Waals surface area contributed by atoms with Crippen molar-refractivity contribution >= 4 is 0 Å². The molecule has 1 heterocycles. The lowest BCUT2D eigenvalue weighted by atomic mass is 10.1. The summed E-state index contributed by atoms with van der Waals surface area (Å²) < 4.78 is 5.38. The van der Waals surface area contributed by atoms with Crippen LogP contribution in [0.3, 0.4) is 0 Å². The molecule has 0 amide bonds. The zero-order valence-electron chi connectivity index (χ0n) is 9.44. The fourth-order valence-electron chi connectivity index (χ4n) is 1.57. The van der Waals surface area contributed by atoms with Crippen LogP contribution in [0.4, 0.5) is 0 Å². The van der Waals surface area contributed by atoms with E-state index >= 15 is 0 Å². The third-order valence-corrected chi connectivity index (χ3v) is 2.64. The Labute approximate surface area is 96.3 Å². The van der Waals surface area contributed by atoms with E-state index in [-0.39, 0.29) is 18.8 Å². The van der Waals surface area contributed by atoms with E-state index in [1.165, 1.54) is 5.56 Å². The highest BCUT2D eigenvalue weighted by molar-refractivity contribution is 5.37. The van der Waals surface area contributed by atoms with Crippen LogP contribution in [-0.2, 0) is 4.74 Å². The molecule has 1 fully saturated rings. The molecule has 0 bridgehead atoms. The smallest absolute Gasteiger partial charge is 0.145 e. The zero-order chi connectivity index (χ0) is 11.4. The van der Waals surface area contributed by atoms with Crippen LogP contribution < -0.4 is 0 Å². The number of aryl methyl sites for hydroxylation is 1. The number of epoxide rings is 1. The lowest BCUT2D eigenvalue weighted by molar-refractivity contribution is 0.273. The maximum Gasteiger partial charge on any atom is 0.145 e. The van der Waals surface area contributed by atoms with Gasteiger partial charge in [-0.1, -0.05) is 29.5 Å². The van der Waals surface area contributed by atoms with E-state index in [0.717, 1.165) is 18.4 Å². The van der Waals surface area contributed by atoms with E-state index in [2.05, 4.69) is 30.9 Å². The fourth-order valence-corrected chi connectivity index (χ4v) is 1.57. The molecule has 84 valence electrons. The van der Waals surface area contributed by atoms with Gasteiger partial charge in [-0.05, 0) is 31.9 Å². The van der Waals surface area contributed by atoms with Crippen molar-refractivity contribution in [2.45, 2.75) is 32.0 Å². The SMILES string of the molecule is Cc1ccc(C#C[C@H]2O[C@@H]2CCCO)cc1. The molecule has 2 atom stereocenters. The normalized spacial score (nSPS) is 22.4. The lowest BCUT2D eigenvalue weighted by Crippen LogP contribution is -1.93. The minimum Gasteiger partial charge on any atom is -0.396 e. The Morgan fingerprint density at radius 1 is 1.31 bits per heavy atom. The quantitative estimate of drug-likeness (QED) is 0.618. The van der Waals surface area contributed by atoms with Crippen molar-refractivity contribution in [3.8, 4) is 11.8 Å². The molecule has 2 rings (SSSR count). The molecular weight excluding hydrogens is 200 g/mol. The van der Waals surface area contributed by atoms with Crippen molar-refractivity contribution in [3.63, 3.8) is 0 Å². The first-order valence-corrected chi connectivity index (χ1v) is 5.64. The van der Waals surface area contributed by atoms with Crippen molar-refractivity contribution in [1.29, 1.82) is 0 Å². The first-order valence-electron chi connectivity index (χ1n) is 5.64. The van der Waals surface area contributed by atoms with Crippen LogP contribution >= 0.6 is 0 Å². The predicted molar refractivity (Wildman–Crippen MR) is 63.0 cm³/mol. The molecule has 2 heteroatoms. The van der Waals surface area contributed by atoms with Crippen LogP contribution in [0.2, 0.25) is 0 Å². The second-order valence-corrected chi connectivity index (χ2v) is 4.10. The number of ether oxygens (including phenoxy) is 1. The van der Waals surface area contributed by atoms with Gasteiger partial charge in [0.1, 0.15) is 6.10 Å². The maximum atomic E-state index is 8.67. The van der Waals surface area contributed by atoms with Gasteiger partial charge in [-0.15, -0.1) is 0 Å². The van der Waals surface area contributed by atoms with E-state index in [1.54, 1.807) is 0 Å². The van der Waals surface area contributed by atoms with Gasteiger partial charge in [-0.3, -0.25) is 0 Å². The first-order chi connectivity index (χ1) is 7.79. The molecule has 0 aromatic heterocycles. The average Bonchev–Trinajstić information content (AvgIpc) is 3.04. The Hall–Kier alpha value is -1.30. The van der Waals surface area contributed by atoms with E-state index < -0.39 is 0 Å². The van der Waals surface area contributed by atoms with Gasteiger partial charge in [0.2, 0.25) is 0 Å². The third kappa shape index (κ3) is 3.10. The lowest BCUT2D eigenvalue weighted by Gasteiger charge is -1.91. The second-order valence-electron chi connectivity index (χ2n) is 4.10. The third-order valence-electron chi connectivity index (χ3n) is 2.64. The summed E-state index contributed by atoms with van der Waals surface area (Å²) in [4.78, 5) is 0. The molecule has 0 aliphatic carbocycles. The molecule has 1 aliphatic heterocycles. The molecule has 1 aromatic rings. The first kappa shape index (κ1) is 11.2. The highest BCUT2D eigenvalue weighted by atomic mass is 16.6. The molecule has 16 heavy (non-hydrogen) atoms. The molecular formula is C14H16O2. The molecule has 1 aromatic carbocycles. The van der Waals surface area contributed by atoms with Crippen LogP contribution in [0.1, 0.15) is 24.0 Å². The van der Waals surface area contributed by atoms with E-state index in [4.69, 9.17) is 9.84 Å². The van der Waals surface area contributed by atoms with Gasteiger partial charge in [-0.2, -0.15) is 0 Å². The Kier molecular flexibility index (Phi) is 3.61. The summed E-state index contributed by atoms with van der Waals surface area (Å²) in [5.41, 5.74) is 2.27. The summed E-state index contributed by atoms with van der Waals surface area (Å²) in [5, 5.41) is 8.67. The number of benzene rings is 1. The molecule has 0 unspecified atom stereocenters. The Morgan fingerprint density at radius 3 is 2.75 bits per heavy atom. The highest BCUT2D eigenvalue weighted by Gasteiger charge is 2.36. The standard InChI is InChI=1S/C14H16O2/c1-11-4-6-12(7-5-11)8-9-14-13(16-14)3-2-10-15/h4-7,13-15H,2-3,10H2,1H3/t13-,14-/m1/s1. The Balaban J connectivity index is 1.85. The minimum absolute atomic E-state index is 0.0767. The van der Waals surface area contributed by atoms with E-state index in [9.17, 15) is 0 Å². The van der Waals surface area contributed by atoms with Gasteiger partial charge in [0.25, 0.3) is 0 Å². The van der Waals surface area contributed by atoms with Gasteiger partial charge in [0, 0.05) is 12.2 Å². The topological polar surface area (TPSA) is 32.8 Å². The van der Waals surface area contributed by atoms with Gasteiger partial charge >= 0.3 is 0 Å². The largest absolute Gasteiger partial charge is 0.396 e. The van der Waals surface area contributed by atoms with Crippen LogP contribution in [-0.4, -0.2) is 23.9 Å². The number of aliphatic hydroxyl groups excluding tert-OH is 1. The molecule has 0 radical (unpaired) electrons. The highest BCUT2D eigenvalue weighted by Crippen LogP contribution is 2.25. The van der Waals surface area contributed by atoms with E-state index in [1.807, 2.05) is 12.1 Å². The van der Waals surface area contributed by atoms with Gasteiger partial charge in [0.05, 0.1) is 6.10 Å². The number of rotatable bonds is 3. The van der Waals surface area contributed by atoms with Crippen molar-refractivity contribution in [2.24, 2.45) is 0 Å². The second kappa shape index (κ2) is 5.16. The van der Waals surface area contributed by atoms with Crippen molar-refractivity contribution < 1.29 is 9.84 Å². The van der Waals surface area contributed by atoms with E-state index in [0.29, 0.717) is 0 Å². The maximum absolute atomic E-state index is 8.67. The number of aliphatic hydroxyl groups is 1. The van der Waals surface area contributed by atoms with Crippen molar-refractivity contribution in [2.75, 3.05) is 6.61 Å². The van der Waals surface area contributed by atoms with Crippen LogP contribution in [0.5, 0.6) is 0 Å². The van der Waals surface area contributed by atoms with Crippen LogP contribution in [0, 0.1) is 18.8 Å². The summed E-state index contributed by atoms with van der Waals surface area (Å²) >= 11 is 0. The molecule has 0 spiro atoms. The minimum atomic E-state index is 0.0767. The average molecular weight is 216 g/mol. The molecule has 1 saturated heterocycles. The number of hydrogen-bond acceptors (Lipinski definition) is 2. The van der Waals surface area contributed by atoms with Crippen LogP contribution in [0.25, 0.3) is 0 Å².